The number of aromatic nitrogens is 1. The summed E-state index contributed by atoms with van der Waals surface area (Å²) in [5, 5.41) is 1.91. The quantitative estimate of drug-likeness (QED) is 0.332. The Bertz CT molecular complexity index is 571. The van der Waals surface area contributed by atoms with Gasteiger partial charge in [0.05, 0.1) is 12.2 Å². The van der Waals surface area contributed by atoms with E-state index < -0.39 is 17.7 Å². The molecule has 8 nitrogen and oxygen atoms in total. The molecular weight excluding hydrogens is 294 g/mol. The molecule has 9 heteroatoms. The molecule has 0 aromatic carbocycles. The number of rotatable bonds is 4. The third-order valence-corrected chi connectivity index (χ3v) is 4.09. The fourth-order valence-electron chi connectivity index (χ4n) is 2.07. The maximum absolute atomic E-state index is 12.1. The molecule has 0 bridgehead atoms. The van der Waals surface area contributed by atoms with Gasteiger partial charge in [0.2, 0.25) is 0 Å². The van der Waals surface area contributed by atoms with Crippen molar-refractivity contribution in [1.82, 2.24) is 20.2 Å². The minimum atomic E-state index is -0.534. The smallest absolute Gasteiger partial charge is 0.312 e. The molecule has 2 rings (SSSR count). The molecule has 1 aliphatic heterocycles. The van der Waals surface area contributed by atoms with Gasteiger partial charge >= 0.3 is 11.8 Å². The third-order valence-electron chi connectivity index (χ3n) is 3.20. The fourth-order valence-corrected chi connectivity index (χ4v) is 2.79. The largest absolute Gasteiger partial charge is 0.330 e. The molecule has 0 saturated carbocycles. The van der Waals surface area contributed by atoms with Crippen molar-refractivity contribution < 1.29 is 14.4 Å². The first-order valence-electron chi connectivity index (χ1n) is 6.49. The van der Waals surface area contributed by atoms with E-state index >= 15 is 0 Å². The first-order valence-corrected chi connectivity index (χ1v) is 7.37. The summed E-state index contributed by atoms with van der Waals surface area (Å²) in [6, 6.07) is 0.00252. The van der Waals surface area contributed by atoms with Gasteiger partial charge in [-0.2, -0.15) is 0 Å². The van der Waals surface area contributed by atoms with Crippen molar-refractivity contribution in [2.75, 3.05) is 13.1 Å². The minimum absolute atomic E-state index is 0.00252. The van der Waals surface area contributed by atoms with Crippen molar-refractivity contribution in [2.45, 2.75) is 26.4 Å². The van der Waals surface area contributed by atoms with Gasteiger partial charge in [0.25, 0.3) is 5.91 Å². The Kier molecular flexibility index (Phi) is 4.53. The summed E-state index contributed by atoms with van der Waals surface area (Å²) in [5.41, 5.74) is 2.57. The number of nitrogens with one attached hydrogen (secondary N) is 1. The minimum Gasteiger partial charge on any atom is -0.330 e. The Balaban J connectivity index is 2.04. The van der Waals surface area contributed by atoms with Crippen molar-refractivity contribution in [2.24, 2.45) is 5.84 Å². The summed E-state index contributed by atoms with van der Waals surface area (Å²) >= 11 is 1.14. The lowest BCUT2D eigenvalue weighted by atomic mass is 10.2. The molecule has 0 atom stereocenters. The van der Waals surface area contributed by atoms with E-state index in [0.717, 1.165) is 11.3 Å². The van der Waals surface area contributed by atoms with Crippen LogP contribution in [0.3, 0.4) is 0 Å². The van der Waals surface area contributed by atoms with Gasteiger partial charge in [0.1, 0.15) is 0 Å². The monoisotopic (exact) mass is 311 g/mol. The van der Waals surface area contributed by atoms with Crippen molar-refractivity contribution >= 4 is 29.1 Å². The molecule has 0 aliphatic carbocycles. The lowest BCUT2D eigenvalue weighted by Crippen LogP contribution is -2.55. The highest BCUT2D eigenvalue weighted by atomic mass is 32.1. The zero-order chi connectivity index (χ0) is 15.6. The second-order valence-electron chi connectivity index (χ2n) is 4.94. The van der Waals surface area contributed by atoms with Crippen LogP contribution < -0.4 is 11.3 Å². The van der Waals surface area contributed by atoms with Crippen LogP contribution in [0.15, 0.2) is 5.38 Å². The van der Waals surface area contributed by atoms with Crippen LogP contribution in [-0.2, 0) is 16.1 Å². The molecule has 3 N–H and O–H groups in total. The predicted molar refractivity (Wildman–Crippen MR) is 76.0 cm³/mol. The topological polar surface area (TPSA) is 109 Å². The normalized spacial score (nSPS) is 15.8. The SMILES string of the molecule is CC(C)N1CCN(Cc2csc(C(=O)NN)n2)C(=O)C1=O. The van der Waals surface area contributed by atoms with Crippen molar-refractivity contribution in [3.05, 3.63) is 16.1 Å². The molecular formula is C12H17N5O3S. The maximum Gasteiger partial charge on any atom is 0.312 e. The number of nitrogens with zero attached hydrogens (tertiary/aromatic N) is 3. The molecule has 114 valence electrons. The number of thiazole rings is 1. The Morgan fingerprint density at radius 2 is 2.14 bits per heavy atom. The van der Waals surface area contributed by atoms with Gasteiger partial charge in [-0.1, -0.05) is 0 Å². The van der Waals surface area contributed by atoms with Gasteiger partial charge in [-0.05, 0) is 13.8 Å². The third kappa shape index (κ3) is 3.19. The molecule has 1 aliphatic rings. The summed E-state index contributed by atoms with van der Waals surface area (Å²) in [5.74, 6) is 3.53. The number of nitrogens with two attached hydrogens (primary N) is 1. The van der Waals surface area contributed by atoms with E-state index in [1.807, 2.05) is 19.3 Å². The van der Waals surface area contributed by atoms with E-state index in [1.165, 1.54) is 4.90 Å². The number of piperazine rings is 1. The van der Waals surface area contributed by atoms with E-state index in [0.29, 0.717) is 18.8 Å². The van der Waals surface area contributed by atoms with Crippen molar-refractivity contribution in [1.29, 1.82) is 0 Å². The summed E-state index contributed by atoms with van der Waals surface area (Å²) in [7, 11) is 0. The van der Waals surface area contributed by atoms with Gasteiger partial charge in [-0.3, -0.25) is 19.8 Å². The molecule has 1 saturated heterocycles. The number of nitrogen functional groups attached to an aromatic ring is 1. The van der Waals surface area contributed by atoms with E-state index in [-0.39, 0.29) is 17.6 Å². The molecule has 2 heterocycles. The Hall–Kier alpha value is -2.00. The van der Waals surface area contributed by atoms with E-state index in [1.54, 1.807) is 10.3 Å². The first kappa shape index (κ1) is 15.4. The lowest BCUT2D eigenvalue weighted by molar-refractivity contribution is -0.157. The molecule has 0 unspecified atom stereocenters. The van der Waals surface area contributed by atoms with Crippen LogP contribution in [0, 0.1) is 0 Å². The summed E-state index contributed by atoms with van der Waals surface area (Å²) in [6.07, 6.45) is 0. The molecule has 21 heavy (non-hydrogen) atoms. The summed E-state index contributed by atoms with van der Waals surface area (Å²) in [4.78, 5) is 42.4. The second kappa shape index (κ2) is 6.19. The highest BCUT2D eigenvalue weighted by Crippen LogP contribution is 2.15. The fraction of sp³-hybridized carbons (Fsp3) is 0.500. The number of carbonyl (C=O) groups is 3. The Labute approximate surface area is 125 Å². The van der Waals surface area contributed by atoms with Gasteiger partial charge in [0.15, 0.2) is 5.01 Å². The number of hydrazine groups is 1. The lowest BCUT2D eigenvalue weighted by Gasteiger charge is -2.35. The van der Waals surface area contributed by atoms with Crippen LogP contribution in [0.2, 0.25) is 0 Å². The molecule has 3 amide bonds. The predicted octanol–water partition coefficient (Wildman–Crippen LogP) is -0.674. The molecule has 0 spiro atoms. The van der Waals surface area contributed by atoms with E-state index in [2.05, 4.69) is 4.98 Å². The summed E-state index contributed by atoms with van der Waals surface area (Å²) in [6.45, 7) is 4.92. The maximum atomic E-state index is 12.1. The molecule has 1 aromatic heterocycles. The number of amides is 3. The van der Waals surface area contributed by atoms with Crippen molar-refractivity contribution in [3.63, 3.8) is 0 Å². The zero-order valence-electron chi connectivity index (χ0n) is 11.8. The molecule has 1 aromatic rings. The number of hydrogen-bond acceptors (Lipinski definition) is 6. The van der Waals surface area contributed by atoms with Crippen LogP contribution in [-0.4, -0.2) is 51.6 Å². The standard InChI is InChI=1S/C12H17N5O3S/c1-7(2)17-4-3-16(11(19)12(17)20)5-8-6-21-10(14-8)9(18)15-13/h6-7H,3-5,13H2,1-2H3,(H,15,18). The first-order chi connectivity index (χ1) is 9.93. The Morgan fingerprint density at radius 3 is 2.76 bits per heavy atom. The van der Waals surface area contributed by atoms with Gasteiger partial charge < -0.3 is 9.80 Å². The van der Waals surface area contributed by atoms with E-state index in [4.69, 9.17) is 5.84 Å². The average molecular weight is 311 g/mol. The Morgan fingerprint density at radius 1 is 1.43 bits per heavy atom. The second-order valence-corrected chi connectivity index (χ2v) is 5.79. The molecule has 0 radical (unpaired) electrons. The van der Waals surface area contributed by atoms with Crippen LogP contribution in [0.1, 0.15) is 29.3 Å². The van der Waals surface area contributed by atoms with Gasteiger partial charge in [0, 0.05) is 24.5 Å². The van der Waals surface area contributed by atoms with Crippen LogP contribution >= 0.6 is 11.3 Å². The molecule has 1 fully saturated rings. The summed E-state index contributed by atoms with van der Waals surface area (Å²) < 4.78 is 0. The number of carbonyl (C=O) groups excluding carboxylic acids is 3. The van der Waals surface area contributed by atoms with E-state index in [9.17, 15) is 14.4 Å². The van der Waals surface area contributed by atoms with Crippen LogP contribution in [0.4, 0.5) is 0 Å². The highest BCUT2D eigenvalue weighted by Gasteiger charge is 2.33. The highest BCUT2D eigenvalue weighted by molar-refractivity contribution is 7.11. The van der Waals surface area contributed by atoms with Crippen LogP contribution in [0.25, 0.3) is 0 Å². The number of hydrogen-bond donors (Lipinski definition) is 2. The van der Waals surface area contributed by atoms with Crippen LogP contribution in [0.5, 0.6) is 0 Å². The van der Waals surface area contributed by atoms with Gasteiger partial charge in [-0.25, -0.2) is 10.8 Å². The van der Waals surface area contributed by atoms with Crippen molar-refractivity contribution in [3.8, 4) is 0 Å². The van der Waals surface area contributed by atoms with Gasteiger partial charge in [-0.15, -0.1) is 11.3 Å². The zero-order valence-corrected chi connectivity index (χ0v) is 12.6. The average Bonchev–Trinajstić information content (AvgIpc) is 2.91.